The molecule has 0 spiro atoms. The zero-order valence-electron chi connectivity index (χ0n) is 8.50. The summed E-state index contributed by atoms with van der Waals surface area (Å²) < 4.78 is 2.08. The number of carbonyl (C=O) groups is 1. The van der Waals surface area contributed by atoms with Crippen LogP contribution in [0, 0.1) is 0 Å². The highest BCUT2D eigenvalue weighted by molar-refractivity contribution is 5.92. The van der Waals surface area contributed by atoms with E-state index in [4.69, 9.17) is 0 Å². The van der Waals surface area contributed by atoms with Gasteiger partial charge in [-0.05, 0) is 19.1 Å². The lowest BCUT2D eigenvalue weighted by Gasteiger charge is -2.24. The summed E-state index contributed by atoms with van der Waals surface area (Å²) in [7, 11) is 1.66. The molecular formula is C10H15N3O. The van der Waals surface area contributed by atoms with Crippen LogP contribution in [0.1, 0.15) is 29.1 Å². The number of nitrogens with one attached hydrogen (secondary N) is 2. The summed E-state index contributed by atoms with van der Waals surface area (Å²) >= 11 is 0. The molecule has 14 heavy (non-hydrogen) atoms. The molecule has 1 aromatic rings. The average Bonchev–Trinajstić information content (AvgIpc) is 2.62. The predicted molar refractivity (Wildman–Crippen MR) is 54.2 cm³/mol. The second-order valence-electron chi connectivity index (χ2n) is 3.55. The molecule has 76 valence electrons. The van der Waals surface area contributed by atoms with Gasteiger partial charge in [-0.1, -0.05) is 0 Å². The molecule has 0 saturated heterocycles. The minimum absolute atomic E-state index is 0.00894. The smallest absolute Gasteiger partial charge is 0.267 e. The number of nitrogens with zero attached hydrogens (tertiary/aromatic N) is 1. The summed E-state index contributed by atoms with van der Waals surface area (Å²) in [5.41, 5.74) is 1.95. The Morgan fingerprint density at radius 3 is 3.14 bits per heavy atom. The molecule has 0 aliphatic carbocycles. The number of hydrogen-bond acceptors (Lipinski definition) is 2. The molecule has 0 saturated carbocycles. The van der Waals surface area contributed by atoms with E-state index in [1.165, 1.54) is 5.69 Å². The maximum absolute atomic E-state index is 11.5. The van der Waals surface area contributed by atoms with Crippen molar-refractivity contribution in [2.45, 2.75) is 19.5 Å². The molecule has 1 aliphatic heterocycles. The van der Waals surface area contributed by atoms with Gasteiger partial charge in [-0.2, -0.15) is 0 Å². The molecule has 2 N–H and O–H groups in total. The van der Waals surface area contributed by atoms with Gasteiger partial charge >= 0.3 is 0 Å². The number of carbonyl (C=O) groups excluding carboxylic acids is 1. The van der Waals surface area contributed by atoms with Gasteiger partial charge in [0, 0.05) is 31.9 Å². The Balaban J connectivity index is 2.40. The van der Waals surface area contributed by atoms with Crippen LogP contribution in [0.25, 0.3) is 0 Å². The number of amides is 1. The lowest BCUT2D eigenvalue weighted by molar-refractivity contribution is 0.0952. The molecule has 1 atom stereocenters. The van der Waals surface area contributed by atoms with E-state index in [0.29, 0.717) is 6.04 Å². The van der Waals surface area contributed by atoms with Crippen molar-refractivity contribution in [1.29, 1.82) is 0 Å². The third-order valence-corrected chi connectivity index (χ3v) is 2.70. The van der Waals surface area contributed by atoms with Crippen LogP contribution in [0.15, 0.2) is 12.1 Å². The van der Waals surface area contributed by atoms with Crippen LogP contribution in [-0.2, 0) is 6.54 Å². The normalized spacial score (nSPS) is 20.3. The minimum Gasteiger partial charge on any atom is -0.354 e. The molecule has 2 heterocycles. The molecule has 2 rings (SSSR count). The Labute approximate surface area is 83.3 Å². The Kier molecular flexibility index (Phi) is 2.29. The summed E-state index contributed by atoms with van der Waals surface area (Å²) in [6, 6.07) is 4.24. The highest BCUT2D eigenvalue weighted by Crippen LogP contribution is 2.20. The summed E-state index contributed by atoms with van der Waals surface area (Å²) in [6.07, 6.45) is 0. The number of fused-ring (bicyclic) bond motifs is 1. The molecule has 0 aromatic carbocycles. The van der Waals surface area contributed by atoms with Gasteiger partial charge in [0.2, 0.25) is 0 Å². The van der Waals surface area contributed by atoms with Gasteiger partial charge in [-0.25, -0.2) is 0 Å². The molecule has 1 aliphatic rings. The number of aromatic nitrogens is 1. The second-order valence-corrected chi connectivity index (χ2v) is 3.55. The predicted octanol–water partition coefficient (Wildman–Crippen LogP) is 0.512. The van der Waals surface area contributed by atoms with Crippen molar-refractivity contribution in [2.75, 3.05) is 13.6 Å². The summed E-state index contributed by atoms with van der Waals surface area (Å²) in [4.78, 5) is 11.5. The van der Waals surface area contributed by atoms with Crippen LogP contribution >= 0.6 is 0 Å². The van der Waals surface area contributed by atoms with Gasteiger partial charge in [-0.15, -0.1) is 0 Å². The highest BCUT2D eigenvalue weighted by Gasteiger charge is 2.20. The third kappa shape index (κ3) is 1.32. The van der Waals surface area contributed by atoms with Gasteiger partial charge in [0.25, 0.3) is 5.91 Å². The van der Waals surface area contributed by atoms with Crippen molar-refractivity contribution in [3.8, 4) is 0 Å². The summed E-state index contributed by atoms with van der Waals surface area (Å²) in [5, 5.41) is 6.01. The lowest BCUT2D eigenvalue weighted by atomic mass is 10.2. The van der Waals surface area contributed by atoms with Crippen LogP contribution < -0.4 is 10.6 Å². The second kappa shape index (κ2) is 3.46. The van der Waals surface area contributed by atoms with E-state index in [2.05, 4.69) is 22.1 Å². The SMILES string of the molecule is CNC(=O)c1ccc2n1CCN[C@H]2C. The Bertz CT molecular complexity index is 356. The fourth-order valence-electron chi connectivity index (χ4n) is 1.93. The zero-order valence-corrected chi connectivity index (χ0v) is 8.50. The van der Waals surface area contributed by atoms with Gasteiger partial charge in [0.05, 0.1) is 0 Å². The molecule has 4 heteroatoms. The summed E-state index contributed by atoms with van der Waals surface area (Å²) in [6.45, 7) is 3.90. The van der Waals surface area contributed by atoms with Crippen molar-refractivity contribution in [2.24, 2.45) is 0 Å². The Morgan fingerprint density at radius 1 is 1.64 bits per heavy atom. The topological polar surface area (TPSA) is 46.1 Å². The molecule has 0 bridgehead atoms. The van der Waals surface area contributed by atoms with Crippen molar-refractivity contribution in [3.05, 3.63) is 23.5 Å². The zero-order chi connectivity index (χ0) is 10.1. The third-order valence-electron chi connectivity index (χ3n) is 2.70. The van der Waals surface area contributed by atoms with Gasteiger partial charge in [0.15, 0.2) is 0 Å². The van der Waals surface area contributed by atoms with Crippen LogP contribution in [0.3, 0.4) is 0 Å². The number of hydrogen-bond donors (Lipinski definition) is 2. The first-order valence-corrected chi connectivity index (χ1v) is 4.89. The maximum Gasteiger partial charge on any atom is 0.267 e. The molecule has 4 nitrogen and oxygen atoms in total. The molecule has 0 fully saturated rings. The largest absolute Gasteiger partial charge is 0.354 e. The van der Waals surface area contributed by atoms with E-state index in [9.17, 15) is 4.79 Å². The first-order valence-electron chi connectivity index (χ1n) is 4.89. The molecule has 0 unspecified atom stereocenters. The fourth-order valence-corrected chi connectivity index (χ4v) is 1.93. The van der Waals surface area contributed by atoms with Crippen LogP contribution in [0.4, 0.5) is 0 Å². The van der Waals surface area contributed by atoms with E-state index >= 15 is 0 Å². The molecular weight excluding hydrogens is 178 g/mol. The Hall–Kier alpha value is -1.29. The van der Waals surface area contributed by atoms with Crippen LogP contribution in [0.2, 0.25) is 0 Å². The van der Waals surface area contributed by atoms with Crippen LogP contribution in [0.5, 0.6) is 0 Å². The minimum atomic E-state index is -0.00894. The average molecular weight is 193 g/mol. The Morgan fingerprint density at radius 2 is 2.43 bits per heavy atom. The molecule has 1 aromatic heterocycles. The van der Waals surface area contributed by atoms with Gasteiger partial charge in [-0.3, -0.25) is 4.79 Å². The first-order chi connectivity index (χ1) is 6.74. The molecule has 0 radical (unpaired) electrons. The van der Waals surface area contributed by atoms with Crippen molar-refractivity contribution >= 4 is 5.91 Å². The maximum atomic E-state index is 11.5. The van der Waals surface area contributed by atoms with E-state index in [-0.39, 0.29) is 5.91 Å². The fraction of sp³-hybridized carbons (Fsp3) is 0.500. The first kappa shape index (κ1) is 9.27. The van der Waals surface area contributed by atoms with E-state index in [1.807, 2.05) is 12.1 Å². The quantitative estimate of drug-likeness (QED) is 0.682. The van der Waals surface area contributed by atoms with Crippen molar-refractivity contribution < 1.29 is 4.79 Å². The van der Waals surface area contributed by atoms with E-state index in [1.54, 1.807) is 7.05 Å². The monoisotopic (exact) mass is 193 g/mol. The van der Waals surface area contributed by atoms with Gasteiger partial charge in [0.1, 0.15) is 5.69 Å². The van der Waals surface area contributed by atoms with Crippen molar-refractivity contribution in [1.82, 2.24) is 15.2 Å². The summed E-state index contributed by atoms with van der Waals surface area (Å²) in [5.74, 6) is -0.00894. The van der Waals surface area contributed by atoms with E-state index in [0.717, 1.165) is 18.8 Å². The van der Waals surface area contributed by atoms with E-state index < -0.39 is 0 Å². The molecule has 1 amide bonds. The van der Waals surface area contributed by atoms with Crippen LogP contribution in [-0.4, -0.2) is 24.1 Å². The standard InChI is InChI=1S/C10H15N3O/c1-7-8-3-4-9(10(14)11-2)13(8)6-5-12-7/h3-4,7,12H,5-6H2,1-2H3,(H,11,14)/t7-/m0/s1. The van der Waals surface area contributed by atoms with Gasteiger partial charge < -0.3 is 15.2 Å². The number of rotatable bonds is 1. The lowest BCUT2D eigenvalue weighted by Crippen LogP contribution is -2.33. The van der Waals surface area contributed by atoms with Crippen molar-refractivity contribution in [3.63, 3.8) is 0 Å². The highest BCUT2D eigenvalue weighted by atomic mass is 16.1.